The predicted molar refractivity (Wildman–Crippen MR) is 167 cm³/mol. The van der Waals surface area contributed by atoms with Gasteiger partial charge in [0.15, 0.2) is 0 Å². The molecule has 1 heterocycles. The Hall–Kier alpha value is -4.13. The number of amides is 1. The summed E-state index contributed by atoms with van der Waals surface area (Å²) >= 11 is 0. The Morgan fingerprint density at radius 2 is 1.79 bits per heavy atom. The van der Waals surface area contributed by atoms with Crippen LogP contribution in [-0.2, 0) is 16.0 Å². The molecule has 1 amide bonds. The third-order valence-corrected chi connectivity index (χ3v) is 7.88. The molecule has 7 nitrogen and oxygen atoms in total. The van der Waals surface area contributed by atoms with Crippen molar-refractivity contribution in [1.29, 1.82) is 0 Å². The van der Waals surface area contributed by atoms with Crippen molar-refractivity contribution in [3.63, 3.8) is 0 Å². The smallest absolute Gasteiger partial charge is 0.310 e. The summed E-state index contributed by atoms with van der Waals surface area (Å²) in [5.74, 6) is 0.314. The number of anilines is 1. The SMILES string of the molecule is CCC(CC)(CC(=O)Nc1cccc(/C=C/c2nc(OCCCCc3ccc(OC4CC4)cc3)ccc2C)c1)C(=O)O. The van der Waals surface area contributed by atoms with Crippen LogP contribution in [0.4, 0.5) is 5.69 Å². The number of carbonyl (C=O) groups is 2. The number of hydrogen-bond acceptors (Lipinski definition) is 5. The fraction of sp³-hybridized carbons (Fsp3) is 0.400. The molecule has 3 aromatic rings. The Morgan fingerprint density at radius 3 is 2.48 bits per heavy atom. The second-order valence-electron chi connectivity index (χ2n) is 11.1. The van der Waals surface area contributed by atoms with Crippen molar-refractivity contribution in [1.82, 2.24) is 4.98 Å². The number of carboxylic acid groups (broad SMARTS) is 1. The van der Waals surface area contributed by atoms with Gasteiger partial charge in [-0.1, -0.05) is 50.3 Å². The zero-order valence-electron chi connectivity index (χ0n) is 24.9. The first kappa shape index (κ1) is 30.8. The molecule has 1 aliphatic carbocycles. The maximum Gasteiger partial charge on any atom is 0.310 e. The Balaban J connectivity index is 1.26. The number of carboxylic acids is 1. The molecule has 4 rings (SSSR count). The van der Waals surface area contributed by atoms with Gasteiger partial charge in [0.05, 0.1) is 23.8 Å². The highest BCUT2D eigenvalue weighted by Gasteiger charge is 2.37. The lowest BCUT2D eigenvalue weighted by Crippen LogP contribution is -2.34. The standard InChI is InChI=1S/C35H42N2O5/c1-4-35(5-2,34(39)40)24-32(38)36-28-11-8-10-27(23-28)15-20-31-25(3)12-21-33(37-31)41-22-7-6-9-26-13-16-29(17-14-26)42-30-18-19-30/h8,10-17,20-21,23,30H,4-7,9,18-19,22,24H2,1-3H3,(H,36,38)(H,39,40)/b20-15+. The number of ether oxygens (including phenoxy) is 2. The van der Waals surface area contributed by atoms with E-state index in [2.05, 4.69) is 34.6 Å². The summed E-state index contributed by atoms with van der Waals surface area (Å²) in [5.41, 5.74) is 3.61. The van der Waals surface area contributed by atoms with Crippen LogP contribution in [0, 0.1) is 12.3 Å². The lowest BCUT2D eigenvalue weighted by atomic mass is 9.79. The summed E-state index contributed by atoms with van der Waals surface area (Å²) in [4.78, 5) is 29.1. The van der Waals surface area contributed by atoms with Crippen LogP contribution in [0.2, 0.25) is 0 Å². The molecular weight excluding hydrogens is 528 g/mol. The first-order chi connectivity index (χ1) is 20.3. The Kier molecular flexibility index (Phi) is 10.8. The lowest BCUT2D eigenvalue weighted by Gasteiger charge is -2.25. The third kappa shape index (κ3) is 8.93. The molecule has 1 aromatic heterocycles. The van der Waals surface area contributed by atoms with Gasteiger partial charge < -0.3 is 19.9 Å². The van der Waals surface area contributed by atoms with E-state index in [4.69, 9.17) is 9.47 Å². The summed E-state index contributed by atoms with van der Waals surface area (Å²) in [6.07, 6.45) is 10.3. The van der Waals surface area contributed by atoms with Crippen molar-refractivity contribution in [3.8, 4) is 11.6 Å². The third-order valence-electron chi connectivity index (χ3n) is 7.88. The largest absolute Gasteiger partial charge is 0.490 e. The summed E-state index contributed by atoms with van der Waals surface area (Å²) in [5, 5.41) is 12.5. The van der Waals surface area contributed by atoms with Crippen molar-refractivity contribution in [2.24, 2.45) is 5.41 Å². The molecule has 0 unspecified atom stereocenters. The van der Waals surface area contributed by atoms with Crippen molar-refractivity contribution in [2.45, 2.75) is 78.2 Å². The monoisotopic (exact) mass is 570 g/mol. The highest BCUT2D eigenvalue weighted by molar-refractivity contribution is 5.94. The van der Waals surface area contributed by atoms with Gasteiger partial charge in [0.1, 0.15) is 5.75 Å². The van der Waals surface area contributed by atoms with Gasteiger partial charge in [-0.25, -0.2) is 4.98 Å². The number of aryl methyl sites for hydroxylation is 2. The molecule has 1 aliphatic rings. The van der Waals surface area contributed by atoms with Gasteiger partial charge in [-0.05, 0) is 98.9 Å². The molecule has 0 saturated heterocycles. The molecule has 0 radical (unpaired) electrons. The highest BCUT2D eigenvalue weighted by Crippen LogP contribution is 2.31. The number of aromatic nitrogens is 1. The van der Waals surface area contributed by atoms with Crippen LogP contribution in [-0.4, -0.2) is 34.7 Å². The van der Waals surface area contributed by atoms with E-state index in [1.165, 1.54) is 18.4 Å². The van der Waals surface area contributed by atoms with Crippen LogP contribution < -0.4 is 14.8 Å². The first-order valence-electron chi connectivity index (χ1n) is 15.0. The van der Waals surface area contributed by atoms with E-state index >= 15 is 0 Å². The molecule has 0 spiro atoms. The molecule has 7 heteroatoms. The Morgan fingerprint density at radius 1 is 1.02 bits per heavy atom. The number of benzene rings is 2. The van der Waals surface area contributed by atoms with Crippen molar-refractivity contribution >= 4 is 29.7 Å². The van der Waals surface area contributed by atoms with Crippen LogP contribution in [0.15, 0.2) is 60.7 Å². The van der Waals surface area contributed by atoms with Gasteiger partial charge in [0.25, 0.3) is 0 Å². The molecule has 0 bridgehead atoms. The van der Waals surface area contributed by atoms with E-state index in [-0.39, 0.29) is 12.3 Å². The van der Waals surface area contributed by atoms with Gasteiger partial charge in [0.2, 0.25) is 11.8 Å². The zero-order valence-corrected chi connectivity index (χ0v) is 24.9. The van der Waals surface area contributed by atoms with Crippen molar-refractivity contribution < 1.29 is 24.2 Å². The number of carbonyl (C=O) groups excluding carboxylic acids is 1. The number of aliphatic carboxylic acids is 1. The molecule has 0 atom stereocenters. The molecule has 1 saturated carbocycles. The second kappa shape index (κ2) is 14.7. The highest BCUT2D eigenvalue weighted by atomic mass is 16.5. The van der Waals surface area contributed by atoms with Crippen LogP contribution in [0.25, 0.3) is 12.2 Å². The Labute approximate surface area is 249 Å². The average Bonchev–Trinajstić information content (AvgIpc) is 3.81. The number of hydrogen-bond donors (Lipinski definition) is 2. The van der Waals surface area contributed by atoms with E-state index in [1.54, 1.807) is 19.9 Å². The molecule has 222 valence electrons. The van der Waals surface area contributed by atoms with E-state index in [0.29, 0.717) is 37.1 Å². The summed E-state index contributed by atoms with van der Waals surface area (Å²) < 4.78 is 11.8. The predicted octanol–water partition coefficient (Wildman–Crippen LogP) is 7.72. The number of pyridine rings is 1. The van der Waals surface area contributed by atoms with Gasteiger partial charge in [-0.3, -0.25) is 9.59 Å². The average molecular weight is 571 g/mol. The van der Waals surface area contributed by atoms with Crippen LogP contribution in [0.3, 0.4) is 0 Å². The normalized spacial score (nSPS) is 13.2. The summed E-state index contributed by atoms with van der Waals surface area (Å²) in [7, 11) is 0. The number of rotatable bonds is 16. The minimum Gasteiger partial charge on any atom is -0.490 e. The molecule has 1 fully saturated rings. The number of unbranched alkanes of at least 4 members (excludes halogenated alkanes) is 1. The fourth-order valence-electron chi connectivity index (χ4n) is 4.78. The van der Waals surface area contributed by atoms with Crippen molar-refractivity contribution in [2.75, 3.05) is 11.9 Å². The van der Waals surface area contributed by atoms with Gasteiger partial charge in [-0.15, -0.1) is 0 Å². The molecule has 42 heavy (non-hydrogen) atoms. The minimum absolute atomic E-state index is 0.0613. The molecule has 0 aliphatic heterocycles. The summed E-state index contributed by atoms with van der Waals surface area (Å²) in [6, 6.07) is 19.8. The van der Waals surface area contributed by atoms with Gasteiger partial charge >= 0.3 is 5.97 Å². The maximum atomic E-state index is 12.6. The minimum atomic E-state index is -1.05. The van der Waals surface area contributed by atoms with Crippen molar-refractivity contribution in [3.05, 3.63) is 83.0 Å². The van der Waals surface area contributed by atoms with Gasteiger partial charge in [0, 0.05) is 18.2 Å². The van der Waals surface area contributed by atoms with Gasteiger partial charge in [-0.2, -0.15) is 0 Å². The van der Waals surface area contributed by atoms with E-state index in [0.717, 1.165) is 41.8 Å². The zero-order chi connectivity index (χ0) is 30.0. The van der Waals surface area contributed by atoms with Crippen LogP contribution in [0.1, 0.15) is 81.2 Å². The van der Waals surface area contributed by atoms with E-state index < -0.39 is 11.4 Å². The number of nitrogens with one attached hydrogen (secondary N) is 1. The topological polar surface area (TPSA) is 97.8 Å². The molecule has 2 aromatic carbocycles. The quantitative estimate of drug-likeness (QED) is 0.171. The van der Waals surface area contributed by atoms with Crippen LogP contribution >= 0.6 is 0 Å². The molecule has 2 N–H and O–H groups in total. The van der Waals surface area contributed by atoms with Crippen LogP contribution in [0.5, 0.6) is 11.6 Å². The van der Waals surface area contributed by atoms with E-state index in [9.17, 15) is 14.7 Å². The second-order valence-corrected chi connectivity index (χ2v) is 11.1. The fourth-order valence-corrected chi connectivity index (χ4v) is 4.78. The lowest BCUT2D eigenvalue weighted by molar-refractivity contribution is -0.151. The summed E-state index contributed by atoms with van der Waals surface area (Å²) in [6.45, 7) is 6.21. The first-order valence-corrected chi connectivity index (χ1v) is 15.0. The number of nitrogens with zero attached hydrogens (tertiary/aromatic N) is 1. The van der Waals surface area contributed by atoms with E-state index in [1.807, 2.05) is 49.4 Å². The molecular formula is C35H42N2O5. The maximum absolute atomic E-state index is 12.6. The Bertz CT molecular complexity index is 1370.